The van der Waals surface area contributed by atoms with Crippen LogP contribution >= 0.6 is 11.3 Å². The molecule has 2 rings (SSSR count). The lowest BCUT2D eigenvalue weighted by molar-refractivity contribution is -0.160. The van der Waals surface area contributed by atoms with Crippen LogP contribution in [-0.2, 0) is 14.3 Å². The number of carbonyl (C=O) groups is 3. The highest BCUT2D eigenvalue weighted by Crippen LogP contribution is 2.22. The molecular weight excluding hydrogens is 340 g/mol. The van der Waals surface area contributed by atoms with Crippen molar-refractivity contribution in [2.75, 3.05) is 19.6 Å². The van der Waals surface area contributed by atoms with Crippen molar-refractivity contribution < 1.29 is 19.1 Å². The zero-order valence-corrected chi connectivity index (χ0v) is 15.8. The number of esters is 1. The zero-order valence-electron chi connectivity index (χ0n) is 15.0. The van der Waals surface area contributed by atoms with Gasteiger partial charge in [0.2, 0.25) is 0 Å². The second-order valence-corrected chi connectivity index (χ2v) is 7.71. The summed E-state index contributed by atoms with van der Waals surface area (Å²) in [6.45, 7) is 7.21. The summed E-state index contributed by atoms with van der Waals surface area (Å²) in [6, 6.07) is 3.67. The van der Waals surface area contributed by atoms with Gasteiger partial charge in [0.25, 0.3) is 11.8 Å². The van der Waals surface area contributed by atoms with E-state index in [0.717, 1.165) is 4.88 Å². The van der Waals surface area contributed by atoms with Gasteiger partial charge in [-0.3, -0.25) is 14.4 Å². The average Bonchev–Trinajstić information content (AvgIpc) is 3.13. The molecule has 1 aliphatic heterocycles. The highest BCUT2D eigenvalue weighted by molar-refractivity contribution is 7.12. The number of piperidine rings is 1. The van der Waals surface area contributed by atoms with Gasteiger partial charge >= 0.3 is 5.97 Å². The lowest BCUT2D eigenvalue weighted by atomic mass is 9.97. The van der Waals surface area contributed by atoms with E-state index in [1.165, 1.54) is 11.3 Å². The van der Waals surface area contributed by atoms with Crippen molar-refractivity contribution in [2.24, 2.45) is 11.8 Å². The second-order valence-electron chi connectivity index (χ2n) is 6.76. The van der Waals surface area contributed by atoms with E-state index in [-0.39, 0.29) is 23.7 Å². The molecule has 1 fully saturated rings. The fraction of sp³-hybridized carbons (Fsp3) is 0.611. The summed E-state index contributed by atoms with van der Waals surface area (Å²) in [6.07, 6.45) is 0.337. The lowest BCUT2D eigenvalue weighted by Crippen LogP contribution is -2.42. The van der Waals surface area contributed by atoms with Crippen molar-refractivity contribution in [1.29, 1.82) is 0 Å². The van der Waals surface area contributed by atoms with Gasteiger partial charge in [0.15, 0.2) is 6.10 Å². The second kappa shape index (κ2) is 8.99. The number of hydrogen-bond donors (Lipinski definition) is 1. The van der Waals surface area contributed by atoms with Crippen molar-refractivity contribution in [2.45, 2.75) is 39.7 Å². The summed E-state index contributed by atoms with van der Waals surface area (Å²) in [5, 5.41) is 4.64. The molecule has 0 aliphatic carbocycles. The number of carbonyl (C=O) groups excluding carboxylic acids is 3. The number of nitrogens with zero attached hydrogens (tertiary/aromatic N) is 1. The first kappa shape index (κ1) is 19.4. The summed E-state index contributed by atoms with van der Waals surface area (Å²) >= 11 is 1.42. The van der Waals surface area contributed by atoms with Crippen LogP contribution in [-0.4, -0.2) is 48.4 Å². The van der Waals surface area contributed by atoms with E-state index >= 15 is 0 Å². The Morgan fingerprint density at radius 1 is 1.28 bits per heavy atom. The van der Waals surface area contributed by atoms with E-state index in [1.807, 2.05) is 31.4 Å². The minimum atomic E-state index is -0.794. The number of nitrogens with one attached hydrogen (secondary N) is 1. The van der Waals surface area contributed by atoms with E-state index < -0.39 is 6.10 Å². The molecule has 1 aromatic rings. The van der Waals surface area contributed by atoms with Gasteiger partial charge in [0, 0.05) is 19.6 Å². The molecular formula is C18H26N2O4S. The first-order valence-corrected chi connectivity index (χ1v) is 9.57. The Labute approximate surface area is 152 Å². The third-order valence-corrected chi connectivity index (χ3v) is 5.05. The Hall–Kier alpha value is -1.89. The van der Waals surface area contributed by atoms with Crippen LogP contribution in [0, 0.1) is 11.8 Å². The minimum Gasteiger partial charge on any atom is -0.452 e. The van der Waals surface area contributed by atoms with Gasteiger partial charge in [-0.25, -0.2) is 0 Å². The minimum absolute atomic E-state index is 0.0169. The Morgan fingerprint density at radius 3 is 2.52 bits per heavy atom. The van der Waals surface area contributed by atoms with Crippen LogP contribution < -0.4 is 5.32 Å². The predicted molar refractivity (Wildman–Crippen MR) is 96.3 cm³/mol. The van der Waals surface area contributed by atoms with Crippen molar-refractivity contribution in [3.63, 3.8) is 0 Å². The number of amides is 2. The van der Waals surface area contributed by atoms with Gasteiger partial charge in [-0.2, -0.15) is 0 Å². The summed E-state index contributed by atoms with van der Waals surface area (Å²) in [5.74, 6) is -0.518. The molecule has 138 valence electrons. The molecule has 1 saturated heterocycles. The third-order valence-electron chi connectivity index (χ3n) is 4.19. The maximum atomic E-state index is 12.3. The van der Waals surface area contributed by atoms with Gasteiger partial charge in [-0.1, -0.05) is 19.9 Å². The molecule has 2 heterocycles. The van der Waals surface area contributed by atoms with Crippen LogP contribution in [0.4, 0.5) is 0 Å². The van der Waals surface area contributed by atoms with Gasteiger partial charge < -0.3 is 15.0 Å². The van der Waals surface area contributed by atoms with Crippen LogP contribution in [0.5, 0.6) is 0 Å². The monoisotopic (exact) mass is 366 g/mol. The molecule has 0 radical (unpaired) electrons. The molecule has 0 unspecified atom stereocenters. The summed E-state index contributed by atoms with van der Waals surface area (Å²) in [7, 11) is 0. The fourth-order valence-electron chi connectivity index (χ4n) is 2.65. The number of ether oxygens (including phenoxy) is 1. The Kier molecular flexibility index (Phi) is 6.99. The molecule has 1 aliphatic rings. The van der Waals surface area contributed by atoms with Gasteiger partial charge in [0.05, 0.1) is 10.8 Å². The maximum Gasteiger partial charge on any atom is 0.309 e. The molecule has 0 saturated carbocycles. The first-order valence-electron chi connectivity index (χ1n) is 8.69. The molecule has 0 aromatic carbocycles. The smallest absolute Gasteiger partial charge is 0.309 e. The lowest BCUT2D eigenvalue weighted by Gasteiger charge is -2.31. The third kappa shape index (κ3) is 5.56. The van der Waals surface area contributed by atoms with E-state index in [2.05, 4.69) is 5.32 Å². The number of rotatable bonds is 6. The first-order chi connectivity index (χ1) is 11.9. The van der Waals surface area contributed by atoms with Gasteiger partial charge in [-0.05, 0) is 37.1 Å². The van der Waals surface area contributed by atoms with E-state index in [1.54, 1.807) is 11.8 Å². The summed E-state index contributed by atoms with van der Waals surface area (Å²) in [4.78, 5) is 38.9. The molecule has 7 heteroatoms. The fourth-order valence-corrected chi connectivity index (χ4v) is 3.34. The Balaban J connectivity index is 1.77. The van der Waals surface area contributed by atoms with Crippen molar-refractivity contribution >= 4 is 29.1 Å². The summed E-state index contributed by atoms with van der Waals surface area (Å²) < 4.78 is 5.30. The normalized spacial score (nSPS) is 16.6. The number of thiophene rings is 1. The molecule has 6 nitrogen and oxygen atoms in total. The van der Waals surface area contributed by atoms with Crippen LogP contribution in [0.25, 0.3) is 0 Å². The predicted octanol–water partition coefficient (Wildman–Crippen LogP) is 2.30. The SMILES string of the molecule is CC(C)CNC(=O)[C@H](C)OC(=O)C1CCN(C(=O)c2cccs2)CC1. The van der Waals surface area contributed by atoms with Crippen molar-refractivity contribution in [1.82, 2.24) is 10.2 Å². The topological polar surface area (TPSA) is 75.7 Å². The maximum absolute atomic E-state index is 12.3. The highest BCUT2D eigenvalue weighted by Gasteiger charge is 2.30. The van der Waals surface area contributed by atoms with Crippen molar-refractivity contribution in [3.8, 4) is 0 Å². The van der Waals surface area contributed by atoms with Crippen LogP contribution in [0.2, 0.25) is 0 Å². The Morgan fingerprint density at radius 2 is 1.96 bits per heavy atom. The Bertz CT molecular complexity index is 592. The largest absolute Gasteiger partial charge is 0.452 e. The molecule has 1 N–H and O–H groups in total. The van der Waals surface area contributed by atoms with Crippen molar-refractivity contribution in [3.05, 3.63) is 22.4 Å². The van der Waals surface area contributed by atoms with Gasteiger partial charge in [0.1, 0.15) is 0 Å². The average molecular weight is 366 g/mol. The standard InChI is InChI=1S/C18H26N2O4S/c1-12(2)11-19-16(21)13(3)24-18(23)14-6-8-20(9-7-14)17(22)15-5-4-10-25-15/h4-5,10,12-14H,6-9,11H2,1-3H3,(H,19,21)/t13-/m0/s1. The van der Waals surface area contributed by atoms with Crippen LogP contribution in [0.3, 0.4) is 0 Å². The number of hydrogen-bond acceptors (Lipinski definition) is 5. The zero-order chi connectivity index (χ0) is 18.4. The molecule has 0 spiro atoms. The van der Waals surface area contributed by atoms with Crippen LogP contribution in [0.15, 0.2) is 17.5 Å². The van der Waals surface area contributed by atoms with E-state index in [9.17, 15) is 14.4 Å². The molecule has 2 amide bonds. The van der Waals surface area contributed by atoms with Crippen LogP contribution in [0.1, 0.15) is 43.3 Å². The highest BCUT2D eigenvalue weighted by atomic mass is 32.1. The molecule has 0 bridgehead atoms. The van der Waals surface area contributed by atoms with E-state index in [0.29, 0.717) is 38.4 Å². The number of likely N-dealkylation sites (tertiary alicyclic amines) is 1. The van der Waals surface area contributed by atoms with E-state index in [4.69, 9.17) is 4.74 Å². The molecule has 1 aromatic heterocycles. The quantitative estimate of drug-likeness (QED) is 0.784. The summed E-state index contributed by atoms with van der Waals surface area (Å²) in [5.41, 5.74) is 0. The molecule has 1 atom stereocenters. The molecule has 25 heavy (non-hydrogen) atoms. The van der Waals surface area contributed by atoms with Gasteiger partial charge in [-0.15, -0.1) is 11.3 Å².